The van der Waals surface area contributed by atoms with Gasteiger partial charge in [-0.1, -0.05) is 30.7 Å². The molecular weight excluding hydrogens is 472 g/mol. The van der Waals surface area contributed by atoms with E-state index in [1.807, 2.05) is 12.1 Å². The van der Waals surface area contributed by atoms with E-state index in [4.69, 9.17) is 40.7 Å². The van der Waals surface area contributed by atoms with Gasteiger partial charge >= 0.3 is 0 Å². The number of ether oxygens (including phenoxy) is 5. The Morgan fingerprint density at radius 1 is 0.971 bits per heavy atom. The number of nitrogens with zero attached hydrogens (tertiary/aromatic N) is 3. The molecule has 2 heterocycles. The summed E-state index contributed by atoms with van der Waals surface area (Å²) in [6.45, 7) is 1.63. The molecule has 0 aliphatic carbocycles. The van der Waals surface area contributed by atoms with Gasteiger partial charge in [-0.3, -0.25) is 5.41 Å². The molecule has 4 rings (SSSR count). The molecular formula is C25H21ClN4O5. The van der Waals surface area contributed by atoms with Crippen molar-refractivity contribution in [3.63, 3.8) is 0 Å². The number of hydrogen-bond acceptors (Lipinski definition) is 9. The molecule has 4 atom stereocenters. The normalized spacial score (nSPS) is 28.1. The van der Waals surface area contributed by atoms with Crippen molar-refractivity contribution in [2.75, 3.05) is 21.3 Å². The summed E-state index contributed by atoms with van der Waals surface area (Å²) in [6, 6.07) is 15.9. The minimum atomic E-state index is -2.15. The molecule has 2 aliphatic heterocycles. The van der Waals surface area contributed by atoms with Crippen LogP contribution in [0.5, 0.6) is 17.2 Å². The second-order valence-electron chi connectivity index (χ2n) is 8.24. The summed E-state index contributed by atoms with van der Waals surface area (Å²) < 4.78 is 28.8. The van der Waals surface area contributed by atoms with Gasteiger partial charge in [0.15, 0.2) is 16.9 Å². The average molecular weight is 493 g/mol. The molecule has 0 radical (unpaired) electrons. The van der Waals surface area contributed by atoms with Gasteiger partial charge in [0.2, 0.25) is 22.8 Å². The summed E-state index contributed by atoms with van der Waals surface area (Å²) in [7, 11) is 4.31. The van der Waals surface area contributed by atoms with Gasteiger partial charge in [-0.25, -0.2) is 0 Å². The highest BCUT2D eigenvalue weighted by Gasteiger charge is 2.79. The number of benzene rings is 2. The Hall–Kier alpha value is -3.97. The summed E-state index contributed by atoms with van der Waals surface area (Å²) in [4.78, 5) is 0. The highest BCUT2D eigenvalue weighted by molar-refractivity contribution is 6.30. The van der Waals surface area contributed by atoms with Crippen LogP contribution in [-0.2, 0) is 15.3 Å². The minimum Gasteiger partial charge on any atom is -0.493 e. The first-order valence-corrected chi connectivity index (χ1v) is 10.9. The molecule has 0 aromatic heterocycles. The van der Waals surface area contributed by atoms with Gasteiger partial charge in [-0.2, -0.15) is 15.8 Å². The third kappa shape index (κ3) is 2.91. The highest BCUT2D eigenvalue weighted by Crippen LogP contribution is 2.69. The van der Waals surface area contributed by atoms with Crippen molar-refractivity contribution in [3.8, 4) is 35.5 Å². The van der Waals surface area contributed by atoms with Gasteiger partial charge in [-0.15, -0.1) is 0 Å². The van der Waals surface area contributed by atoms with Gasteiger partial charge in [0.1, 0.15) is 6.10 Å². The van der Waals surface area contributed by atoms with Gasteiger partial charge in [0.25, 0.3) is 0 Å². The standard InChI is InChI=1S/C25H21ClN4O5/c1-14-24(13-29)22(30)35-25(14,16-6-5-7-17(26)10-16)34-21(23(24,11-27)12-28)15-8-18(31-2)20(33-4)19(9-15)32-3/h5-10,14,21,30H,1-4H3. The van der Waals surface area contributed by atoms with Gasteiger partial charge in [0.05, 0.1) is 45.5 Å². The lowest BCUT2D eigenvalue weighted by molar-refractivity contribution is -0.288. The Labute approximate surface area is 207 Å². The van der Waals surface area contributed by atoms with Gasteiger partial charge in [-0.05, 0) is 29.8 Å². The van der Waals surface area contributed by atoms with Gasteiger partial charge < -0.3 is 23.7 Å². The Morgan fingerprint density at radius 3 is 2.09 bits per heavy atom. The van der Waals surface area contributed by atoms with Crippen molar-refractivity contribution in [2.24, 2.45) is 16.7 Å². The topological polar surface area (TPSA) is 141 Å². The molecule has 10 heteroatoms. The van der Waals surface area contributed by atoms with Crippen LogP contribution in [0.15, 0.2) is 36.4 Å². The number of methoxy groups -OCH3 is 3. The molecule has 2 bridgehead atoms. The number of fused-ring (bicyclic) bond motifs is 2. The Kier molecular flexibility index (Phi) is 5.77. The molecule has 2 fully saturated rings. The van der Waals surface area contributed by atoms with Crippen LogP contribution in [-0.4, -0.2) is 27.2 Å². The largest absolute Gasteiger partial charge is 0.493 e. The van der Waals surface area contributed by atoms with Crippen LogP contribution in [0, 0.1) is 56.2 Å². The maximum Gasteiger partial charge on any atom is 0.244 e. The van der Waals surface area contributed by atoms with E-state index < -0.39 is 34.5 Å². The first kappa shape index (κ1) is 24.2. The van der Waals surface area contributed by atoms with Crippen LogP contribution in [0.25, 0.3) is 0 Å². The Morgan fingerprint density at radius 2 is 1.60 bits per heavy atom. The first-order valence-electron chi connectivity index (χ1n) is 10.5. The fraction of sp³-hybridized carbons (Fsp3) is 0.360. The number of halogens is 1. The summed E-state index contributed by atoms with van der Waals surface area (Å²) >= 11 is 6.24. The molecule has 2 aromatic carbocycles. The average Bonchev–Trinajstić information content (AvgIpc) is 3.04. The number of nitriles is 3. The van der Waals surface area contributed by atoms with Crippen molar-refractivity contribution in [1.29, 1.82) is 21.2 Å². The second kappa shape index (κ2) is 8.36. The van der Waals surface area contributed by atoms with Crippen molar-refractivity contribution >= 4 is 17.5 Å². The van der Waals surface area contributed by atoms with Crippen molar-refractivity contribution in [2.45, 2.75) is 18.8 Å². The minimum absolute atomic E-state index is 0.264. The summed E-state index contributed by atoms with van der Waals surface area (Å²) in [5.74, 6) is -2.27. The van der Waals surface area contributed by atoms with E-state index in [1.54, 1.807) is 43.3 Å². The summed E-state index contributed by atoms with van der Waals surface area (Å²) in [5.41, 5.74) is -3.36. The molecule has 2 aromatic rings. The van der Waals surface area contributed by atoms with Crippen LogP contribution in [0.3, 0.4) is 0 Å². The van der Waals surface area contributed by atoms with Crippen LogP contribution >= 0.6 is 11.6 Å². The fourth-order valence-electron chi connectivity index (χ4n) is 5.13. The lowest BCUT2D eigenvalue weighted by Gasteiger charge is -2.48. The van der Waals surface area contributed by atoms with Crippen LogP contribution in [0.1, 0.15) is 24.2 Å². The third-order valence-electron chi connectivity index (χ3n) is 6.89. The van der Waals surface area contributed by atoms with E-state index in [1.165, 1.54) is 21.3 Å². The second-order valence-corrected chi connectivity index (χ2v) is 8.68. The van der Waals surface area contributed by atoms with Crippen LogP contribution in [0.2, 0.25) is 5.02 Å². The maximum atomic E-state index is 10.4. The summed E-state index contributed by atoms with van der Waals surface area (Å²) in [5, 5.41) is 40.4. The lowest BCUT2D eigenvalue weighted by Crippen LogP contribution is -2.57. The first-order chi connectivity index (χ1) is 16.7. The zero-order chi connectivity index (χ0) is 25.6. The molecule has 1 N–H and O–H groups in total. The van der Waals surface area contributed by atoms with E-state index in [0.717, 1.165) is 0 Å². The van der Waals surface area contributed by atoms with Crippen molar-refractivity contribution < 1.29 is 23.7 Å². The third-order valence-corrected chi connectivity index (χ3v) is 7.12. The van der Waals surface area contributed by atoms with Crippen LogP contribution < -0.4 is 14.2 Å². The van der Waals surface area contributed by atoms with E-state index in [2.05, 4.69) is 6.07 Å². The van der Waals surface area contributed by atoms with E-state index >= 15 is 0 Å². The molecule has 9 nitrogen and oxygen atoms in total. The van der Waals surface area contributed by atoms with E-state index in [-0.39, 0.29) is 11.5 Å². The quantitative estimate of drug-likeness (QED) is 0.643. The Bertz CT molecular complexity index is 1300. The van der Waals surface area contributed by atoms with E-state index in [9.17, 15) is 15.8 Å². The predicted octanol–water partition coefficient (Wildman–Crippen LogP) is 4.48. The molecule has 0 spiro atoms. The molecule has 35 heavy (non-hydrogen) atoms. The van der Waals surface area contributed by atoms with Crippen LogP contribution in [0.4, 0.5) is 0 Å². The lowest BCUT2D eigenvalue weighted by atomic mass is 9.53. The van der Waals surface area contributed by atoms with Crippen molar-refractivity contribution in [1.82, 2.24) is 0 Å². The molecule has 0 saturated carbocycles. The zero-order valence-electron chi connectivity index (χ0n) is 19.4. The SMILES string of the molecule is COc1cc(C2OC3(c4cccc(Cl)c4)OC(=N)C(C#N)(C3C)C2(C#N)C#N)cc(OC)c1OC. The maximum absolute atomic E-state index is 10.4. The fourth-order valence-corrected chi connectivity index (χ4v) is 5.32. The summed E-state index contributed by atoms with van der Waals surface area (Å²) in [6.07, 6.45) is -1.34. The van der Waals surface area contributed by atoms with Gasteiger partial charge in [0, 0.05) is 10.6 Å². The number of hydrogen-bond donors (Lipinski definition) is 1. The molecule has 2 saturated heterocycles. The Balaban J connectivity index is 2.07. The molecule has 178 valence electrons. The molecule has 2 aliphatic rings. The van der Waals surface area contributed by atoms with Crippen molar-refractivity contribution in [3.05, 3.63) is 52.5 Å². The highest BCUT2D eigenvalue weighted by atomic mass is 35.5. The van der Waals surface area contributed by atoms with E-state index in [0.29, 0.717) is 21.9 Å². The number of nitrogens with one attached hydrogen (secondary N) is 1. The monoisotopic (exact) mass is 492 g/mol. The molecule has 0 amide bonds. The zero-order valence-corrected chi connectivity index (χ0v) is 20.1. The molecule has 4 unspecified atom stereocenters. The predicted molar refractivity (Wildman–Crippen MR) is 123 cm³/mol. The smallest absolute Gasteiger partial charge is 0.244 e. The number of rotatable bonds is 5.